The summed E-state index contributed by atoms with van der Waals surface area (Å²) >= 11 is 0. The van der Waals surface area contributed by atoms with Gasteiger partial charge in [-0.05, 0) is 18.3 Å². The molecule has 0 bridgehead atoms. The number of cyclic esters (lactones) is 1. The van der Waals surface area contributed by atoms with Gasteiger partial charge in [0.2, 0.25) is 0 Å². The van der Waals surface area contributed by atoms with E-state index in [1.165, 1.54) is 19.3 Å². The van der Waals surface area contributed by atoms with Gasteiger partial charge in [-0.2, -0.15) is 0 Å². The number of unbranched alkanes of at least 4 members (excludes halogenated alkanes) is 1. The molecule has 0 saturated carbocycles. The second-order valence-electron chi connectivity index (χ2n) is 5.60. The quantitative estimate of drug-likeness (QED) is 0.646. The molecule has 2 heteroatoms. The van der Waals surface area contributed by atoms with Crippen LogP contribution in [0.4, 0.5) is 0 Å². The number of carbonyl (C=O) groups is 1. The second kappa shape index (κ2) is 6.27. The maximum atomic E-state index is 11.6. The van der Waals surface area contributed by atoms with Crippen LogP contribution in [-0.4, -0.2) is 12.6 Å². The molecule has 3 atom stereocenters. The van der Waals surface area contributed by atoms with Gasteiger partial charge in [-0.3, -0.25) is 4.79 Å². The molecule has 0 N–H and O–H groups in total. The number of ether oxygens (including phenoxy) is 1. The van der Waals surface area contributed by atoms with E-state index in [0.717, 1.165) is 6.42 Å². The molecule has 0 radical (unpaired) electrons. The van der Waals surface area contributed by atoms with Gasteiger partial charge >= 0.3 is 5.97 Å². The highest BCUT2D eigenvalue weighted by Gasteiger charge is 2.35. The molecule has 1 fully saturated rings. The Balaban J connectivity index is 2.50. The molecule has 1 heterocycles. The van der Waals surface area contributed by atoms with Crippen molar-refractivity contribution in [3.8, 4) is 0 Å². The van der Waals surface area contributed by atoms with Gasteiger partial charge < -0.3 is 4.74 Å². The van der Waals surface area contributed by atoms with Crippen LogP contribution in [0.2, 0.25) is 0 Å². The molecule has 0 amide bonds. The van der Waals surface area contributed by atoms with Gasteiger partial charge in [0, 0.05) is 5.92 Å². The van der Waals surface area contributed by atoms with Crippen LogP contribution in [0.3, 0.4) is 0 Å². The van der Waals surface area contributed by atoms with Gasteiger partial charge in [-0.15, -0.1) is 0 Å². The van der Waals surface area contributed by atoms with E-state index in [0.29, 0.717) is 24.4 Å². The predicted molar refractivity (Wildman–Crippen MR) is 66.1 cm³/mol. The van der Waals surface area contributed by atoms with E-state index in [1.54, 1.807) is 0 Å². The van der Waals surface area contributed by atoms with Gasteiger partial charge in [-0.1, -0.05) is 47.0 Å². The van der Waals surface area contributed by atoms with Crippen molar-refractivity contribution in [3.63, 3.8) is 0 Å². The summed E-state index contributed by atoms with van der Waals surface area (Å²) in [6.45, 7) is 9.52. The first kappa shape index (κ1) is 13.5. The van der Waals surface area contributed by atoms with Crippen LogP contribution < -0.4 is 0 Å². The van der Waals surface area contributed by atoms with E-state index in [9.17, 15) is 4.79 Å². The smallest absolute Gasteiger partial charge is 0.309 e. The van der Waals surface area contributed by atoms with E-state index in [-0.39, 0.29) is 11.9 Å². The Morgan fingerprint density at radius 1 is 1.44 bits per heavy atom. The van der Waals surface area contributed by atoms with E-state index in [2.05, 4.69) is 27.7 Å². The molecule has 1 saturated heterocycles. The van der Waals surface area contributed by atoms with Gasteiger partial charge in [0.15, 0.2) is 0 Å². The minimum atomic E-state index is 0.0367. The molecule has 1 rings (SSSR count). The van der Waals surface area contributed by atoms with Crippen LogP contribution in [0.5, 0.6) is 0 Å². The summed E-state index contributed by atoms with van der Waals surface area (Å²) in [4.78, 5) is 11.6. The third-order valence-electron chi connectivity index (χ3n) is 3.91. The minimum absolute atomic E-state index is 0.0367. The van der Waals surface area contributed by atoms with Crippen molar-refractivity contribution in [1.82, 2.24) is 0 Å². The van der Waals surface area contributed by atoms with Crippen molar-refractivity contribution in [2.75, 3.05) is 6.61 Å². The first-order valence-electron chi connectivity index (χ1n) is 6.72. The molecule has 16 heavy (non-hydrogen) atoms. The number of hydrogen-bond donors (Lipinski definition) is 0. The van der Waals surface area contributed by atoms with Crippen molar-refractivity contribution < 1.29 is 9.53 Å². The Morgan fingerprint density at radius 2 is 2.12 bits per heavy atom. The molecule has 0 spiro atoms. The maximum absolute atomic E-state index is 11.6. The van der Waals surface area contributed by atoms with Crippen LogP contribution in [0.25, 0.3) is 0 Å². The Labute approximate surface area is 99.8 Å². The molecule has 0 aromatic heterocycles. The van der Waals surface area contributed by atoms with Crippen LogP contribution in [-0.2, 0) is 9.53 Å². The van der Waals surface area contributed by atoms with Gasteiger partial charge in [0.05, 0.1) is 12.5 Å². The fraction of sp³-hybridized carbons (Fsp3) is 0.929. The normalized spacial score (nSPS) is 27.2. The largest absolute Gasteiger partial charge is 0.465 e. The molecule has 0 aromatic rings. The minimum Gasteiger partial charge on any atom is -0.465 e. The average Bonchev–Trinajstić information content (AvgIpc) is 2.54. The van der Waals surface area contributed by atoms with E-state index >= 15 is 0 Å². The highest BCUT2D eigenvalue weighted by molar-refractivity contribution is 5.74. The standard InChI is InChI=1S/C14H26O2/c1-5-6-7-12(10(2)3)8-13-11(4)9-16-14(13)15/h10-13H,5-9H2,1-4H3. The molecular formula is C14H26O2. The van der Waals surface area contributed by atoms with Gasteiger partial charge in [-0.25, -0.2) is 0 Å². The number of carbonyl (C=O) groups excluding carboxylic acids is 1. The van der Waals surface area contributed by atoms with Crippen molar-refractivity contribution in [2.45, 2.75) is 53.4 Å². The molecule has 2 nitrogen and oxygen atoms in total. The monoisotopic (exact) mass is 226 g/mol. The highest BCUT2D eigenvalue weighted by atomic mass is 16.5. The molecule has 3 unspecified atom stereocenters. The molecular weight excluding hydrogens is 200 g/mol. The number of hydrogen-bond acceptors (Lipinski definition) is 2. The predicted octanol–water partition coefficient (Wildman–Crippen LogP) is 3.65. The summed E-state index contributed by atoms with van der Waals surface area (Å²) in [5.74, 6) is 1.96. The first-order chi connectivity index (χ1) is 7.56. The number of esters is 1. The summed E-state index contributed by atoms with van der Waals surface area (Å²) in [6, 6.07) is 0. The lowest BCUT2D eigenvalue weighted by Gasteiger charge is -2.24. The van der Waals surface area contributed by atoms with Crippen molar-refractivity contribution in [1.29, 1.82) is 0 Å². The Bertz CT molecular complexity index is 223. The summed E-state index contributed by atoms with van der Waals surface area (Å²) in [6.07, 6.45) is 4.80. The van der Waals surface area contributed by atoms with Crippen molar-refractivity contribution in [2.24, 2.45) is 23.7 Å². The first-order valence-corrected chi connectivity index (χ1v) is 6.72. The molecule has 1 aliphatic heterocycles. The molecule has 1 aliphatic rings. The zero-order chi connectivity index (χ0) is 12.1. The summed E-state index contributed by atoms with van der Waals surface area (Å²) in [5, 5.41) is 0. The zero-order valence-corrected chi connectivity index (χ0v) is 11.2. The van der Waals surface area contributed by atoms with E-state index in [1.807, 2.05) is 0 Å². The van der Waals surface area contributed by atoms with Crippen LogP contribution in [0.15, 0.2) is 0 Å². The Hall–Kier alpha value is -0.530. The summed E-state index contributed by atoms with van der Waals surface area (Å²) in [7, 11) is 0. The van der Waals surface area contributed by atoms with Crippen LogP contribution in [0.1, 0.15) is 53.4 Å². The van der Waals surface area contributed by atoms with Crippen LogP contribution in [0, 0.1) is 23.7 Å². The lowest BCUT2D eigenvalue weighted by Crippen LogP contribution is -2.21. The Morgan fingerprint density at radius 3 is 2.56 bits per heavy atom. The van der Waals surface area contributed by atoms with Crippen LogP contribution >= 0.6 is 0 Å². The summed E-state index contributed by atoms with van der Waals surface area (Å²) in [5.41, 5.74) is 0. The third kappa shape index (κ3) is 3.50. The molecule has 0 aliphatic carbocycles. The molecule has 0 aromatic carbocycles. The Kier molecular flexibility index (Phi) is 5.30. The average molecular weight is 226 g/mol. The van der Waals surface area contributed by atoms with E-state index < -0.39 is 0 Å². The lowest BCUT2D eigenvalue weighted by molar-refractivity contribution is -0.141. The van der Waals surface area contributed by atoms with Gasteiger partial charge in [0.1, 0.15) is 0 Å². The van der Waals surface area contributed by atoms with Crippen molar-refractivity contribution in [3.05, 3.63) is 0 Å². The SMILES string of the molecule is CCCCC(CC1C(=O)OCC1C)C(C)C. The van der Waals surface area contributed by atoms with Crippen molar-refractivity contribution >= 4 is 5.97 Å². The number of rotatable bonds is 6. The molecule has 94 valence electrons. The van der Waals surface area contributed by atoms with E-state index in [4.69, 9.17) is 4.74 Å². The fourth-order valence-electron chi connectivity index (χ4n) is 2.51. The third-order valence-corrected chi connectivity index (χ3v) is 3.91. The lowest BCUT2D eigenvalue weighted by atomic mass is 9.80. The second-order valence-corrected chi connectivity index (χ2v) is 5.60. The highest BCUT2D eigenvalue weighted by Crippen LogP contribution is 2.33. The topological polar surface area (TPSA) is 26.3 Å². The maximum Gasteiger partial charge on any atom is 0.309 e. The fourth-order valence-corrected chi connectivity index (χ4v) is 2.51. The zero-order valence-electron chi connectivity index (χ0n) is 11.2. The van der Waals surface area contributed by atoms with Gasteiger partial charge in [0.25, 0.3) is 0 Å². The summed E-state index contributed by atoms with van der Waals surface area (Å²) < 4.78 is 5.12.